The van der Waals surface area contributed by atoms with E-state index in [2.05, 4.69) is 6.92 Å². The molecule has 0 atom stereocenters. The molecule has 0 N–H and O–H groups in total. The molecule has 0 saturated heterocycles. The Labute approximate surface area is 159 Å². The van der Waals surface area contributed by atoms with Crippen LogP contribution in [0, 0.1) is 23.0 Å². The van der Waals surface area contributed by atoms with Crippen molar-refractivity contribution in [1.82, 2.24) is 0 Å². The lowest BCUT2D eigenvalue weighted by Crippen LogP contribution is -1.92. The van der Waals surface area contributed by atoms with Crippen LogP contribution in [-0.4, -0.2) is 0 Å². The molecule has 0 heterocycles. The highest BCUT2D eigenvalue weighted by atomic mass is 19.1. The van der Waals surface area contributed by atoms with Gasteiger partial charge in [0.05, 0.1) is 5.56 Å². The molecule has 3 aromatic rings. The van der Waals surface area contributed by atoms with Gasteiger partial charge in [0.15, 0.2) is 0 Å². The Hall–Kier alpha value is -2.73. The molecule has 0 amide bonds. The molecule has 0 bridgehead atoms. The van der Waals surface area contributed by atoms with Crippen LogP contribution in [0.25, 0.3) is 21.9 Å². The minimum Gasteiger partial charge on any atom is -0.206 e. The summed E-state index contributed by atoms with van der Waals surface area (Å²) in [6.07, 6.45) is 6.86. The van der Waals surface area contributed by atoms with E-state index in [4.69, 9.17) is 5.26 Å². The summed E-state index contributed by atoms with van der Waals surface area (Å²) in [5, 5.41) is 9.97. The average molecular weight is 363 g/mol. The van der Waals surface area contributed by atoms with Gasteiger partial charge in [0.25, 0.3) is 0 Å². The Morgan fingerprint density at radius 3 is 2.44 bits per heavy atom. The van der Waals surface area contributed by atoms with Gasteiger partial charge in [-0.15, -0.1) is 0 Å². The number of benzene rings is 3. The van der Waals surface area contributed by atoms with Gasteiger partial charge in [-0.3, -0.25) is 0 Å². The number of hydrogen-bond acceptors (Lipinski definition) is 1. The molecule has 3 heteroatoms. The molecule has 0 saturated carbocycles. The monoisotopic (exact) mass is 363 g/mol. The molecule has 0 aliphatic heterocycles. The smallest absolute Gasteiger partial charge is 0.148 e. The van der Waals surface area contributed by atoms with Crippen molar-refractivity contribution in [3.63, 3.8) is 0 Å². The molecule has 0 aliphatic rings. The van der Waals surface area contributed by atoms with Gasteiger partial charge in [-0.25, -0.2) is 8.78 Å². The van der Waals surface area contributed by atoms with Gasteiger partial charge < -0.3 is 0 Å². The highest BCUT2D eigenvalue weighted by Crippen LogP contribution is 2.29. The Morgan fingerprint density at radius 2 is 1.70 bits per heavy atom. The zero-order chi connectivity index (χ0) is 19.2. The maximum Gasteiger partial charge on any atom is 0.148 e. The second kappa shape index (κ2) is 8.77. The van der Waals surface area contributed by atoms with Gasteiger partial charge >= 0.3 is 0 Å². The van der Waals surface area contributed by atoms with Crippen LogP contribution in [0.15, 0.2) is 48.5 Å². The van der Waals surface area contributed by atoms with E-state index in [9.17, 15) is 8.78 Å². The third-order valence-corrected chi connectivity index (χ3v) is 4.99. The summed E-state index contributed by atoms with van der Waals surface area (Å²) >= 11 is 0. The number of rotatable bonds is 7. The molecule has 3 rings (SSSR count). The normalized spacial score (nSPS) is 10.9. The van der Waals surface area contributed by atoms with Gasteiger partial charge in [0.2, 0.25) is 0 Å². The van der Waals surface area contributed by atoms with Crippen LogP contribution in [0.5, 0.6) is 0 Å². The molecule has 3 aromatic carbocycles. The molecule has 1 nitrogen and oxygen atoms in total. The summed E-state index contributed by atoms with van der Waals surface area (Å²) in [5.41, 5.74) is 2.25. The molecular formula is C24H23F2N. The van der Waals surface area contributed by atoms with Crippen molar-refractivity contribution in [2.75, 3.05) is 0 Å². The maximum atomic E-state index is 14.6. The summed E-state index contributed by atoms with van der Waals surface area (Å²) in [5.74, 6) is -0.782. The first-order valence-electron chi connectivity index (χ1n) is 9.55. The second-order valence-corrected chi connectivity index (χ2v) is 6.95. The van der Waals surface area contributed by atoms with E-state index in [0.717, 1.165) is 18.4 Å². The first kappa shape index (κ1) is 19.0. The van der Waals surface area contributed by atoms with E-state index in [1.165, 1.54) is 31.7 Å². The van der Waals surface area contributed by atoms with Crippen molar-refractivity contribution >= 4 is 10.8 Å². The summed E-state index contributed by atoms with van der Waals surface area (Å²) < 4.78 is 28.9. The Balaban J connectivity index is 1.81. The number of aryl methyl sites for hydroxylation is 1. The summed E-state index contributed by atoms with van der Waals surface area (Å²) in [4.78, 5) is 0. The van der Waals surface area contributed by atoms with Crippen molar-refractivity contribution in [2.24, 2.45) is 0 Å². The summed E-state index contributed by atoms with van der Waals surface area (Å²) in [6.45, 7) is 2.19. The van der Waals surface area contributed by atoms with Crippen LogP contribution >= 0.6 is 0 Å². The summed E-state index contributed by atoms with van der Waals surface area (Å²) in [6, 6.07) is 15.5. The Kier molecular flexibility index (Phi) is 6.19. The number of nitrogens with zero attached hydrogens (tertiary/aromatic N) is 1. The van der Waals surface area contributed by atoms with E-state index in [1.54, 1.807) is 36.4 Å². The van der Waals surface area contributed by atoms with Crippen molar-refractivity contribution in [1.29, 1.82) is 5.26 Å². The van der Waals surface area contributed by atoms with Gasteiger partial charge in [-0.1, -0.05) is 62.9 Å². The van der Waals surface area contributed by atoms with E-state index in [1.807, 2.05) is 12.1 Å². The van der Waals surface area contributed by atoms with E-state index in [0.29, 0.717) is 21.9 Å². The van der Waals surface area contributed by atoms with Gasteiger partial charge in [0, 0.05) is 10.9 Å². The molecule has 27 heavy (non-hydrogen) atoms. The zero-order valence-corrected chi connectivity index (χ0v) is 15.6. The van der Waals surface area contributed by atoms with Gasteiger partial charge in [-0.05, 0) is 47.6 Å². The number of fused-ring (bicyclic) bond motifs is 1. The lowest BCUT2D eigenvalue weighted by molar-refractivity contribution is 0.618. The predicted octanol–water partition coefficient (Wildman–Crippen LogP) is 7.17. The van der Waals surface area contributed by atoms with Crippen molar-refractivity contribution in [3.05, 3.63) is 71.3 Å². The fourth-order valence-corrected chi connectivity index (χ4v) is 3.43. The molecule has 0 unspecified atom stereocenters. The molecule has 0 fully saturated rings. The average Bonchev–Trinajstić information content (AvgIpc) is 2.68. The standard InChI is InChI=1S/C24H23F2N/c1-2-3-4-5-6-7-17-8-12-21(23(25)14-17)18-11-13-22-19(15-18)9-10-20(16-27)24(22)26/h8-15H,2-7H2,1H3. The van der Waals surface area contributed by atoms with Crippen LogP contribution in [0.1, 0.15) is 50.2 Å². The fraction of sp³-hybridized carbons (Fsp3) is 0.292. The molecular weight excluding hydrogens is 340 g/mol. The van der Waals surface area contributed by atoms with E-state index in [-0.39, 0.29) is 11.4 Å². The minimum absolute atomic E-state index is 0.0183. The first-order valence-corrected chi connectivity index (χ1v) is 9.55. The molecule has 0 radical (unpaired) electrons. The Bertz CT molecular complexity index is 986. The van der Waals surface area contributed by atoms with E-state index >= 15 is 0 Å². The van der Waals surface area contributed by atoms with Crippen LogP contribution in [0.4, 0.5) is 8.78 Å². The first-order chi connectivity index (χ1) is 13.1. The second-order valence-electron chi connectivity index (χ2n) is 6.95. The van der Waals surface area contributed by atoms with Gasteiger partial charge in [0.1, 0.15) is 17.7 Å². The van der Waals surface area contributed by atoms with Crippen molar-refractivity contribution in [2.45, 2.75) is 45.4 Å². The van der Waals surface area contributed by atoms with E-state index < -0.39 is 5.82 Å². The lowest BCUT2D eigenvalue weighted by Gasteiger charge is -2.09. The lowest BCUT2D eigenvalue weighted by atomic mass is 9.97. The Morgan fingerprint density at radius 1 is 0.889 bits per heavy atom. The highest BCUT2D eigenvalue weighted by Gasteiger charge is 2.11. The number of unbranched alkanes of at least 4 members (excludes halogenated alkanes) is 4. The summed E-state index contributed by atoms with van der Waals surface area (Å²) in [7, 11) is 0. The largest absolute Gasteiger partial charge is 0.206 e. The van der Waals surface area contributed by atoms with Crippen LogP contribution in [0.3, 0.4) is 0 Å². The van der Waals surface area contributed by atoms with Crippen LogP contribution in [0.2, 0.25) is 0 Å². The molecule has 0 aliphatic carbocycles. The third kappa shape index (κ3) is 4.34. The fourth-order valence-electron chi connectivity index (χ4n) is 3.43. The topological polar surface area (TPSA) is 23.8 Å². The predicted molar refractivity (Wildman–Crippen MR) is 106 cm³/mol. The number of hydrogen-bond donors (Lipinski definition) is 0. The van der Waals surface area contributed by atoms with Crippen LogP contribution in [-0.2, 0) is 6.42 Å². The quantitative estimate of drug-likeness (QED) is 0.408. The number of halogens is 2. The van der Waals surface area contributed by atoms with Gasteiger partial charge in [-0.2, -0.15) is 5.26 Å². The highest BCUT2D eigenvalue weighted by molar-refractivity contribution is 5.89. The van der Waals surface area contributed by atoms with Crippen molar-refractivity contribution in [3.8, 4) is 17.2 Å². The molecule has 0 spiro atoms. The maximum absolute atomic E-state index is 14.6. The SMILES string of the molecule is CCCCCCCc1ccc(-c2ccc3c(F)c(C#N)ccc3c2)c(F)c1. The minimum atomic E-state index is -0.527. The molecule has 138 valence electrons. The van der Waals surface area contributed by atoms with Crippen molar-refractivity contribution < 1.29 is 8.78 Å². The van der Waals surface area contributed by atoms with Crippen LogP contribution < -0.4 is 0 Å². The zero-order valence-electron chi connectivity index (χ0n) is 15.6. The number of nitriles is 1. The third-order valence-electron chi connectivity index (χ3n) is 4.99. The molecule has 0 aromatic heterocycles.